The number of carbonyl (C=O) groups excluding carboxylic acids is 1. The summed E-state index contributed by atoms with van der Waals surface area (Å²) in [6.07, 6.45) is 0.683. The van der Waals surface area contributed by atoms with Gasteiger partial charge in [-0.15, -0.1) is 0 Å². The number of aromatic nitrogens is 3. The molecule has 194 valence electrons. The van der Waals surface area contributed by atoms with Crippen molar-refractivity contribution in [1.29, 1.82) is 0 Å². The van der Waals surface area contributed by atoms with Crippen molar-refractivity contribution in [3.05, 3.63) is 47.5 Å². The lowest BCUT2D eigenvalue weighted by Gasteiger charge is -2.27. The van der Waals surface area contributed by atoms with Crippen LogP contribution in [-0.4, -0.2) is 76.7 Å². The minimum atomic E-state index is -1.28. The maximum atomic E-state index is 14.7. The monoisotopic (exact) mass is 511 g/mol. The molecule has 0 aromatic carbocycles. The quantitative estimate of drug-likeness (QED) is 0.423. The molecule has 11 nitrogen and oxygen atoms in total. The summed E-state index contributed by atoms with van der Waals surface area (Å²) in [7, 11) is 1.50. The van der Waals surface area contributed by atoms with E-state index in [4.69, 9.17) is 18.9 Å². The minimum absolute atomic E-state index is 0.0241. The van der Waals surface area contributed by atoms with Gasteiger partial charge >= 0.3 is 0 Å². The van der Waals surface area contributed by atoms with Gasteiger partial charge in [-0.3, -0.25) is 9.78 Å². The van der Waals surface area contributed by atoms with E-state index in [2.05, 4.69) is 25.6 Å². The Hall–Kier alpha value is -3.45. The van der Waals surface area contributed by atoms with Crippen molar-refractivity contribution >= 4 is 22.8 Å². The summed E-state index contributed by atoms with van der Waals surface area (Å²) in [4.78, 5) is 24.5. The number of carbonyl (C=O) groups is 1. The standard InChI is InChI=1S/C25H26FN5O6/c1-34-20-5-3-16-21(31-20)14(15(26)9-28-16)6-7-25(33)12-37-22-17(10-36-23(22)25)27-8-13-2-4-18-24(29-13)30-19(32)11-35-18/h2-5,9,17,22-23,27,33H,6-8,10-12H2,1H3,(H,29,30,32)/t17-,22+,23-,25+/m0/s1. The number of nitrogens with one attached hydrogen (secondary N) is 2. The van der Waals surface area contributed by atoms with Crippen molar-refractivity contribution in [2.45, 2.75) is 43.2 Å². The molecule has 0 saturated carbocycles. The maximum absolute atomic E-state index is 14.7. The molecule has 12 heteroatoms. The first kappa shape index (κ1) is 23.9. The molecule has 0 spiro atoms. The summed E-state index contributed by atoms with van der Waals surface area (Å²) in [5.41, 5.74) is 0.748. The number of hydrogen-bond donors (Lipinski definition) is 3. The topological polar surface area (TPSA) is 137 Å². The van der Waals surface area contributed by atoms with Crippen LogP contribution in [0.5, 0.6) is 11.6 Å². The zero-order chi connectivity index (χ0) is 25.6. The molecule has 2 fully saturated rings. The molecule has 6 heterocycles. The second-order valence-electron chi connectivity index (χ2n) is 9.41. The Morgan fingerprint density at radius 2 is 2.16 bits per heavy atom. The van der Waals surface area contributed by atoms with Crippen molar-refractivity contribution in [2.24, 2.45) is 0 Å². The molecular weight excluding hydrogens is 485 g/mol. The highest BCUT2D eigenvalue weighted by Gasteiger charge is 2.55. The number of amides is 1. The Labute approximate surface area is 211 Å². The number of ether oxygens (including phenoxy) is 4. The molecule has 1 amide bonds. The predicted octanol–water partition coefficient (Wildman–Crippen LogP) is 1.12. The third kappa shape index (κ3) is 4.46. The van der Waals surface area contributed by atoms with Crippen molar-refractivity contribution in [3.8, 4) is 11.6 Å². The molecule has 37 heavy (non-hydrogen) atoms. The molecule has 4 atom stereocenters. The first-order chi connectivity index (χ1) is 17.9. The van der Waals surface area contributed by atoms with Crippen molar-refractivity contribution < 1.29 is 33.2 Å². The molecule has 0 radical (unpaired) electrons. The summed E-state index contributed by atoms with van der Waals surface area (Å²) < 4.78 is 37.2. The third-order valence-corrected chi connectivity index (χ3v) is 7.04. The van der Waals surface area contributed by atoms with Crippen LogP contribution in [0.15, 0.2) is 30.5 Å². The molecule has 3 aromatic rings. The van der Waals surface area contributed by atoms with Crippen molar-refractivity contribution in [3.63, 3.8) is 0 Å². The lowest BCUT2D eigenvalue weighted by Crippen LogP contribution is -2.46. The largest absolute Gasteiger partial charge is 0.481 e. The highest BCUT2D eigenvalue weighted by molar-refractivity contribution is 5.94. The lowest BCUT2D eigenvalue weighted by atomic mass is 9.89. The fourth-order valence-corrected chi connectivity index (χ4v) is 5.09. The van der Waals surface area contributed by atoms with Gasteiger partial charge in [0, 0.05) is 18.2 Å². The fourth-order valence-electron chi connectivity index (χ4n) is 5.09. The van der Waals surface area contributed by atoms with Gasteiger partial charge in [-0.1, -0.05) is 0 Å². The molecule has 0 unspecified atom stereocenters. The average Bonchev–Trinajstić information content (AvgIpc) is 3.47. The summed E-state index contributed by atoms with van der Waals surface area (Å²) in [5, 5.41) is 17.5. The molecule has 3 aromatic heterocycles. The number of nitrogens with zero attached hydrogens (tertiary/aromatic N) is 3. The highest BCUT2D eigenvalue weighted by Crippen LogP contribution is 2.38. The number of rotatable bonds is 7. The van der Waals surface area contributed by atoms with E-state index in [-0.39, 0.29) is 44.1 Å². The number of anilines is 1. The summed E-state index contributed by atoms with van der Waals surface area (Å²) in [5.74, 6) is 0.554. The normalized spacial score (nSPS) is 26.5. The van der Waals surface area contributed by atoms with Gasteiger partial charge in [0.25, 0.3) is 5.91 Å². The average molecular weight is 512 g/mol. The van der Waals surface area contributed by atoms with E-state index in [0.29, 0.717) is 52.9 Å². The molecular formula is C25H26FN5O6. The lowest BCUT2D eigenvalue weighted by molar-refractivity contribution is -0.118. The predicted molar refractivity (Wildman–Crippen MR) is 128 cm³/mol. The Balaban J connectivity index is 1.12. The zero-order valence-electron chi connectivity index (χ0n) is 20.1. The summed E-state index contributed by atoms with van der Waals surface area (Å²) >= 11 is 0. The fraction of sp³-hybridized carbons (Fsp3) is 0.440. The molecule has 3 aliphatic rings. The van der Waals surface area contributed by atoms with Crippen molar-refractivity contribution in [1.82, 2.24) is 20.3 Å². The van der Waals surface area contributed by atoms with E-state index in [1.807, 2.05) is 6.07 Å². The van der Waals surface area contributed by atoms with Crippen LogP contribution in [-0.2, 0) is 27.2 Å². The van der Waals surface area contributed by atoms with Crippen LogP contribution in [0.1, 0.15) is 17.7 Å². The van der Waals surface area contributed by atoms with Crippen molar-refractivity contribution in [2.75, 3.05) is 32.2 Å². The first-order valence-electron chi connectivity index (χ1n) is 12.0. The zero-order valence-corrected chi connectivity index (χ0v) is 20.1. The van der Waals surface area contributed by atoms with E-state index < -0.39 is 17.5 Å². The first-order valence-corrected chi connectivity index (χ1v) is 12.0. The van der Waals surface area contributed by atoms with Crippen LogP contribution in [0.3, 0.4) is 0 Å². The highest BCUT2D eigenvalue weighted by atomic mass is 19.1. The summed E-state index contributed by atoms with van der Waals surface area (Å²) in [6.45, 7) is 0.795. The van der Waals surface area contributed by atoms with E-state index in [1.165, 1.54) is 13.3 Å². The van der Waals surface area contributed by atoms with E-state index >= 15 is 0 Å². The van der Waals surface area contributed by atoms with Crippen LogP contribution in [0.2, 0.25) is 0 Å². The van der Waals surface area contributed by atoms with E-state index in [1.54, 1.807) is 18.2 Å². The Kier molecular flexibility index (Phi) is 6.11. The SMILES string of the molecule is COc1ccc2ncc(F)c(CC[C@@]3(O)CO[C@@H]4[C@@H](NCc5ccc6c(n5)NC(=O)CO6)CO[C@@H]43)c2n1. The van der Waals surface area contributed by atoms with Gasteiger partial charge in [-0.25, -0.2) is 14.4 Å². The number of halogens is 1. The van der Waals surface area contributed by atoms with Gasteiger partial charge < -0.3 is 34.7 Å². The number of fused-ring (bicyclic) bond motifs is 3. The number of aryl methyl sites for hydroxylation is 1. The van der Waals surface area contributed by atoms with Gasteiger partial charge in [0.1, 0.15) is 23.6 Å². The summed E-state index contributed by atoms with van der Waals surface area (Å²) in [6, 6.07) is 6.81. The molecule has 3 N–H and O–H groups in total. The Bertz CT molecular complexity index is 1360. The van der Waals surface area contributed by atoms with Crippen LogP contribution in [0, 0.1) is 5.82 Å². The minimum Gasteiger partial charge on any atom is -0.481 e. The molecule has 3 aliphatic heterocycles. The molecule has 2 saturated heterocycles. The van der Waals surface area contributed by atoms with Gasteiger partial charge in [0.15, 0.2) is 18.2 Å². The van der Waals surface area contributed by atoms with Crippen LogP contribution in [0.25, 0.3) is 11.0 Å². The Morgan fingerprint density at radius 3 is 3.03 bits per heavy atom. The van der Waals surface area contributed by atoms with Gasteiger partial charge in [0.2, 0.25) is 5.88 Å². The van der Waals surface area contributed by atoms with Crippen LogP contribution >= 0.6 is 0 Å². The number of methoxy groups -OCH3 is 1. The number of aliphatic hydroxyl groups is 1. The molecule has 6 rings (SSSR count). The smallest absolute Gasteiger partial charge is 0.263 e. The molecule has 0 bridgehead atoms. The van der Waals surface area contributed by atoms with Gasteiger partial charge in [0.05, 0.1) is 49.3 Å². The second kappa shape index (κ2) is 9.45. The number of pyridine rings is 3. The Morgan fingerprint density at radius 1 is 1.27 bits per heavy atom. The van der Waals surface area contributed by atoms with Crippen LogP contribution < -0.4 is 20.1 Å². The maximum Gasteiger partial charge on any atom is 0.263 e. The third-order valence-electron chi connectivity index (χ3n) is 7.04. The number of hydrogen-bond acceptors (Lipinski definition) is 10. The second-order valence-corrected chi connectivity index (χ2v) is 9.41. The van der Waals surface area contributed by atoms with Gasteiger partial charge in [-0.2, -0.15) is 0 Å². The van der Waals surface area contributed by atoms with E-state index in [9.17, 15) is 14.3 Å². The van der Waals surface area contributed by atoms with Gasteiger partial charge in [-0.05, 0) is 31.0 Å². The molecule has 0 aliphatic carbocycles. The van der Waals surface area contributed by atoms with E-state index in [0.717, 1.165) is 0 Å². The van der Waals surface area contributed by atoms with Crippen LogP contribution in [0.4, 0.5) is 10.2 Å².